The van der Waals surface area contributed by atoms with Crippen LogP contribution in [0.5, 0.6) is 0 Å². The van der Waals surface area contributed by atoms with Crippen molar-refractivity contribution in [1.82, 2.24) is 5.32 Å². The van der Waals surface area contributed by atoms with Crippen molar-refractivity contribution in [2.24, 2.45) is 5.73 Å². The van der Waals surface area contributed by atoms with Gasteiger partial charge in [-0.2, -0.15) is 0 Å². The Hall–Kier alpha value is -0.0800. The van der Waals surface area contributed by atoms with Crippen LogP contribution in [0.4, 0.5) is 0 Å². The van der Waals surface area contributed by atoms with Crippen LogP contribution in [-0.4, -0.2) is 18.1 Å². The number of hydrogen-bond acceptors (Lipinski definition) is 2. The zero-order valence-corrected chi connectivity index (χ0v) is 6.40. The molecule has 10 heavy (non-hydrogen) atoms. The SMILES string of the molecule is NC1CCC2(CCN2)CC1. The molecule has 2 nitrogen and oxygen atoms in total. The summed E-state index contributed by atoms with van der Waals surface area (Å²) in [6.07, 6.45) is 6.47. The fourth-order valence-corrected chi connectivity index (χ4v) is 2.10. The van der Waals surface area contributed by atoms with Gasteiger partial charge in [0.1, 0.15) is 0 Å². The Labute approximate surface area is 62.2 Å². The van der Waals surface area contributed by atoms with E-state index in [0.29, 0.717) is 11.6 Å². The second-order valence-electron chi connectivity index (χ2n) is 3.79. The maximum Gasteiger partial charge on any atom is 0.0194 e. The third kappa shape index (κ3) is 0.956. The Morgan fingerprint density at radius 1 is 1.20 bits per heavy atom. The molecule has 0 radical (unpaired) electrons. The average Bonchev–Trinajstić information content (AvgIpc) is 1.86. The molecule has 2 aliphatic rings. The monoisotopic (exact) mass is 140 g/mol. The Bertz CT molecular complexity index is 119. The van der Waals surface area contributed by atoms with E-state index in [0.717, 1.165) is 0 Å². The van der Waals surface area contributed by atoms with Gasteiger partial charge in [0.2, 0.25) is 0 Å². The van der Waals surface area contributed by atoms with Crippen molar-refractivity contribution in [1.29, 1.82) is 0 Å². The van der Waals surface area contributed by atoms with E-state index in [-0.39, 0.29) is 0 Å². The Morgan fingerprint density at radius 3 is 2.20 bits per heavy atom. The van der Waals surface area contributed by atoms with Gasteiger partial charge < -0.3 is 11.1 Å². The molecule has 2 fully saturated rings. The highest BCUT2D eigenvalue weighted by Gasteiger charge is 2.38. The molecule has 1 aliphatic carbocycles. The summed E-state index contributed by atoms with van der Waals surface area (Å²) in [6.45, 7) is 1.23. The molecule has 0 unspecified atom stereocenters. The van der Waals surface area contributed by atoms with Crippen molar-refractivity contribution in [3.05, 3.63) is 0 Å². The summed E-state index contributed by atoms with van der Waals surface area (Å²) in [6, 6.07) is 0.494. The summed E-state index contributed by atoms with van der Waals surface area (Å²) >= 11 is 0. The first-order chi connectivity index (χ1) is 4.81. The lowest BCUT2D eigenvalue weighted by atomic mass is 9.73. The van der Waals surface area contributed by atoms with Crippen LogP contribution in [0.2, 0.25) is 0 Å². The largest absolute Gasteiger partial charge is 0.328 e. The Kier molecular flexibility index (Phi) is 1.46. The lowest BCUT2D eigenvalue weighted by Crippen LogP contribution is -2.59. The van der Waals surface area contributed by atoms with Gasteiger partial charge in [-0.15, -0.1) is 0 Å². The Morgan fingerprint density at radius 2 is 1.80 bits per heavy atom. The maximum atomic E-state index is 5.81. The van der Waals surface area contributed by atoms with E-state index in [1.807, 2.05) is 0 Å². The van der Waals surface area contributed by atoms with Gasteiger partial charge in [-0.1, -0.05) is 0 Å². The fourth-order valence-electron chi connectivity index (χ4n) is 2.10. The van der Waals surface area contributed by atoms with Crippen LogP contribution in [-0.2, 0) is 0 Å². The van der Waals surface area contributed by atoms with Gasteiger partial charge in [-0.05, 0) is 38.6 Å². The van der Waals surface area contributed by atoms with E-state index >= 15 is 0 Å². The number of rotatable bonds is 0. The highest BCUT2D eigenvalue weighted by atomic mass is 15.0. The van der Waals surface area contributed by atoms with Crippen molar-refractivity contribution < 1.29 is 0 Å². The zero-order chi connectivity index (χ0) is 7.03. The van der Waals surface area contributed by atoms with E-state index in [9.17, 15) is 0 Å². The van der Waals surface area contributed by atoms with E-state index in [1.54, 1.807) is 0 Å². The van der Waals surface area contributed by atoms with Gasteiger partial charge in [0, 0.05) is 11.6 Å². The first-order valence-electron chi connectivity index (χ1n) is 4.31. The number of hydrogen-bond donors (Lipinski definition) is 2. The molecule has 58 valence electrons. The molecule has 2 rings (SSSR count). The quantitative estimate of drug-likeness (QED) is 0.517. The van der Waals surface area contributed by atoms with Gasteiger partial charge in [0.15, 0.2) is 0 Å². The highest BCUT2D eigenvalue weighted by molar-refractivity contribution is 5.00. The molecule has 0 aromatic carbocycles. The topological polar surface area (TPSA) is 38.0 Å². The van der Waals surface area contributed by atoms with Gasteiger partial charge in [-0.25, -0.2) is 0 Å². The average molecular weight is 140 g/mol. The molecular formula is C8H16N2. The summed E-state index contributed by atoms with van der Waals surface area (Å²) in [5.41, 5.74) is 6.36. The maximum absolute atomic E-state index is 5.81. The molecule has 2 heteroatoms. The minimum absolute atomic E-state index is 0.494. The van der Waals surface area contributed by atoms with Crippen molar-refractivity contribution in [3.8, 4) is 0 Å². The van der Waals surface area contributed by atoms with Gasteiger partial charge in [-0.3, -0.25) is 0 Å². The number of nitrogens with two attached hydrogens (primary N) is 1. The molecule has 1 spiro atoms. The zero-order valence-electron chi connectivity index (χ0n) is 6.40. The smallest absolute Gasteiger partial charge is 0.0194 e. The van der Waals surface area contributed by atoms with Crippen molar-refractivity contribution in [2.75, 3.05) is 6.54 Å². The third-order valence-electron chi connectivity index (χ3n) is 3.09. The van der Waals surface area contributed by atoms with E-state index in [4.69, 9.17) is 5.73 Å². The first kappa shape index (κ1) is 6.62. The summed E-state index contributed by atoms with van der Waals surface area (Å²) in [5.74, 6) is 0. The summed E-state index contributed by atoms with van der Waals surface area (Å²) in [7, 11) is 0. The molecule has 1 aliphatic heterocycles. The molecule has 0 atom stereocenters. The minimum Gasteiger partial charge on any atom is -0.328 e. The van der Waals surface area contributed by atoms with Crippen LogP contribution < -0.4 is 11.1 Å². The molecule has 1 saturated heterocycles. The third-order valence-corrected chi connectivity index (χ3v) is 3.09. The number of nitrogens with one attached hydrogen (secondary N) is 1. The fraction of sp³-hybridized carbons (Fsp3) is 1.00. The molecule has 0 bridgehead atoms. The molecule has 3 N–H and O–H groups in total. The first-order valence-corrected chi connectivity index (χ1v) is 4.31. The van der Waals surface area contributed by atoms with Crippen LogP contribution in [0.3, 0.4) is 0 Å². The minimum atomic E-state index is 0.494. The highest BCUT2D eigenvalue weighted by Crippen LogP contribution is 2.34. The molecular weight excluding hydrogens is 124 g/mol. The summed E-state index contributed by atoms with van der Waals surface area (Å²) in [4.78, 5) is 0. The van der Waals surface area contributed by atoms with Gasteiger partial charge in [0.25, 0.3) is 0 Å². The van der Waals surface area contributed by atoms with Crippen molar-refractivity contribution >= 4 is 0 Å². The van der Waals surface area contributed by atoms with Crippen LogP contribution in [0.15, 0.2) is 0 Å². The van der Waals surface area contributed by atoms with E-state index in [1.165, 1.54) is 38.6 Å². The Balaban J connectivity index is 1.90. The van der Waals surface area contributed by atoms with Crippen LogP contribution >= 0.6 is 0 Å². The lowest BCUT2D eigenvalue weighted by Gasteiger charge is -2.47. The van der Waals surface area contributed by atoms with Crippen LogP contribution in [0.25, 0.3) is 0 Å². The lowest BCUT2D eigenvalue weighted by molar-refractivity contribution is 0.135. The molecule has 0 aromatic heterocycles. The predicted octanol–water partition coefficient (Wildman–Crippen LogP) is 0.620. The normalized spacial score (nSPS) is 47.1. The molecule has 0 amide bonds. The molecule has 1 heterocycles. The van der Waals surface area contributed by atoms with Crippen LogP contribution in [0, 0.1) is 0 Å². The van der Waals surface area contributed by atoms with E-state index in [2.05, 4.69) is 5.32 Å². The van der Waals surface area contributed by atoms with Crippen molar-refractivity contribution in [3.63, 3.8) is 0 Å². The predicted molar refractivity (Wildman–Crippen MR) is 41.8 cm³/mol. The standard InChI is InChI=1S/C8H16N2/c9-7-1-3-8(4-2-7)5-6-10-8/h7,10H,1-6,9H2. The second-order valence-corrected chi connectivity index (χ2v) is 3.79. The summed E-state index contributed by atoms with van der Waals surface area (Å²) < 4.78 is 0. The molecule has 1 saturated carbocycles. The van der Waals surface area contributed by atoms with Crippen LogP contribution in [0.1, 0.15) is 32.1 Å². The van der Waals surface area contributed by atoms with E-state index < -0.39 is 0 Å². The summed E-state index contributed by atoms with van der Waals surface area (Å²) in [5, 5.41) is 3.53. The van der Waals surface area contributed by atoms with Crippen molar-refractivity contribution in [2.45, 2.75) is 43.7 Å². The second kappa shape index (κ2) is 2.21. The van der Waals surface area contributed by atoms with Gasteiger partial charge >= 0.3 is 0 Å². The molecule has 0 aromatic rings. The van der Waals surface area contributed by atoms with Gasteiger partial charge in [0.05, 0.1) is 0 Å².